The van der Waals surface area contributed by atoms with Crippen LogP contribution in [-0.2, 0) is 14.3 Å². The number of nitriles is 1. The van der Waals surface area contributed by atoms with Crippen LogP contribution in [-0.4, -0.2) is 28.4 Å². The number of hydrogen-bond donors (Lipinski definition) is 0. The maximum absolute atomic E-state index is 9.78. The van der Waals surface area contributed by atoms with Gasteiger partial charge in [-0.15, -0.1) is 0 Å². The van der Waals surface area contributed by atoms with Crippen LogP contribution in [0.25, 0.3) is 0 Å². The molecule has 5 nitrogen and oxygen atoms in total. The molecule has 0 fully saturated rings. The summed E-state index contributed by atoms with van der Waals surface area (Å²) in [7, 11) is -2.04. The lowest BCUT2D eigenvalue weighted by Crippen LogP contribution is -1.95. The summed E-state index contributed by atoms with van der Waals surface area (Å²) in [5.74, 6) is 0.740. The number of para-hydroxylation sites is 1. The molecule has 0 aliphatic carbocycles. The van der Waals surface area contributed by atoms with Crippen LogP contribution in [0.4, 0.5) is 0 Å². The van der Waals surface area contributed by atoms with Crippen LogP contribution < -0.4 is 4.74 Å². The minimum Gasteiger partial charge on any atom is -0.479 e. The van der Waals surface area contributed by atoms with Crippen molar-refractivity contribution in [1.82, 2.24) is 0 Å². The van der Waals surface area contributed by atoms with Crippen molar-refractivity contribution in [3.05, 3.63) is 30.3 Å². The monoisotopic (exact) mass is 303 g/mol. The number of rotatable bonds is 3. The maximum atomic E-state index is 9.78. The molecule has 0 heterocycles. The van der Waals surface area contributed by atoms with Crippen LogP contribution in [0, 0.1) is 11.3 Å². The molecule has 1 rings (SSSR count). The van der Waals surface area contributed by atoms with Gasteiger partial charge in [0.2, 0.25) is 0 Å². The summed E-state index contributed by atoms with van der Waals surface area (Å²) in [6.07, 6.45) is 0.993. The zero-order chi connectivity index (χ0) is 16.4. The molecule has 0 saturated carbocycles. The molecule has 0 aliphatic heterocycles. The molecule has 0 aromatic heterocycles. The van der Waals surface area contributed by atoms with E-state index in [0.717, 1.165) is 19.1 Å². The van der Waals surface area contributed by atoms with Crippen LogP contribution in [0.3, 0.4) is 0 Å². The summed E-state index contributed by atoms with van der Waals surface area (Å²) in [6.45, 7) is 8.12. The van der Waals surface area contributed by atoms with E-state index in [-0.39, 0.29) is 6.61 Å². The molecular weight excluding hydrogens is 278 g/mol. The number of benzene rings is 1. The van der Waals surface area contributed by atoms with Crippen LogP contribution in [0.15, 0.2) is 30.3 Å². The van der Waals surface area contributed by atoms with Gasteiger partial charge in [0.25, 0.3) is 10.1 Å². The van der Waals surface area contributed by atoms with Crippen molar-refractivity contribution in [2.24, 2.45) is 0 Å². The fourth-order valence-electron chi connectivity index (χ4n) is 0.632. The molecule has 0 saturated heterocycles. The Balaban J connectivity index is -0.000000250. The lowest BCUT2D eigenvalue weighted by Gasteiger charge is -1.97. The predicted octanol–water partition coefficient (Wildman–Crippen LogP) is 3.23. The third-order valence-electron chi connectivity index (χ3n) is 1.35. The van der Waals surface area contributed by atoms with Gasteiger partial charge in [-0.25, -0.2) is 0 Å². The first kappa shape index (κ1) is 23.5. The lowest BCUT2D eigenvalue weighted by atomic mass is 10.3. The maximum Gasteiger partial charge on any atom is 0.264 e. The molecule has 0 amide bonds. The normalized spacial score (nSPS) is 8.25. The van der Waals surface area contributed by atoms with Crippen molar-refractivity contribution in [1.29, 1.82) is 5.26 Å². The topological polar surface area (TPSA) is 76.4 Å². The smallest absolute Gasteiger partial charge is 0.264 e. The van der Waals surface area contributed by atoms with Gasteiger partial charge in [-0.2, -0.15) is 13.7 Å². The Morgan fingerprint density at radius 1 is 1.10 bits per heavy atom. The van der Waals surface area contributed by atoms with Gasteiger partial charge in [0, 0.05) is 0 Å². The van der Waals surface area contributed by atoms with E-state index in [4.69, 9.17) is 10.00 Å². The van der Waals surface area contributed by atoms with E-state index in [0.29, 0.717) is 0 Å². The van der Waals surface area contributed by atoms with Crippen molar-refractivity contribution >= 4 is 10.1 Å². The van der Waals surface area contributed by atoms with Crippen molar-refractivity contribution in [3.63, 3.8) is 0 Å². The summed E-state index contributed by atoms with van der Waals surface area (Å²) in [4.78, 5) is 0. The SMILES string of the molecule is CC.CC.COS(C)(=O)=O.N#CCOc1ccccc1. The number of hydrogen-bond acceptors (Lipinski definition) is 5. The van der Waals surface area contributed by atoms with Gasteiger partial charge in [0.05, 0.1) is 13.4 Å². The zero-order valence-corrected chi connectivity index (χ0v) is 13.9. The molecule has 0 atom stereocenters. The average molecular weight is 303 g/mol. The highest BCUT2D eigenvalue weighted by atomic mass is 32.2. The van der Waals surface area contributed by atoms with Gasteiger partial charge in [0.1, 0.15) is 11.8 Å². The first-order chi connectivity index (χ1) is 9.49. The molecule has 116 valence electrons. The Morgan fingerprint density at radius 3 is 1.80 bits per heavy atom. The Hall–Kier alpha value is -1.58. The molecule has 1 aromatic carbocycles. The highest BCUT2D eigenvalue weighted by Gasteiger charge is 1.90. The predicted molar refractivity (Wildman–Crippen MR) is 82.1 cm³/mol. The Morgan fingerprint density at radius 2 is 1.50 bits per heavy atom. The van der Waals surface area contributed by atoms with Gasteiger partial charge >= 0.3 is 0 Å². The van der Waals surface area contributed by atoms with Crippen LogP contribution in [0.2, 0.25) is 0 Å². The Kier molecular flexibility index (Phi) is 20.5. The first-order valence-corrected chi connectivity index (χ1v) is 8.11. The largest absolute Gasteiger partial charge is 0.479 e. The minimum atomic E-state index is -3.16. The van der Waals surface area contributed by atoms with Crippen LogP contribution >= 0.6 is 0 Å². The highest BCUT2D eigenvalue weighted by molar-refractivity contribution is 7.85. The van der Waals surface area contributed by atoms with E-state index in [9.17, 15) is 8.42 Å². The first-order valence-electron chi connectivity index (χ1n) is 6.30. The second kappa shape index (κ2) is 17.4. The quantitative estimate of drug-likeness (QED) is 0.801. The molecular formula is C14H25NO4S. The summed E-state index contributed by atoms with van der Waals surface area (Å²) in [5.41, 5.74) is 0. The van der Waals surface area contributed by atoms with E-state index < -0.39 is 10.1 Å². The molecule has 0 radical (unpaired) electrons. The Bertz CT molecular complexity index is 424. The number of nitrogens with zero attached hydrogens (tertiary/aromatic N) is 1. The second-order valence-electron chi connectivity index (χ2n) is 2.63. The van der Waals surface area contributed by atoms with Gasteiger partial charge in [0.15, 0.2) is 6.61 Å². The molecule has 6 heteroatoms. The highest BCUT2D eigenvalue weighted by Crippen LogP contribution is 2.06. The summed E-state index contributed by atoms with van der Waals surface area (Å²) < 4.78 is 28.5. The molecule has 0 spiro atoms. The fraction of sp³-hybridized carbons (Fsp3) is 0.500. The van der Waals surface area contributed by atoms with E-state index in [1.54, 1.807) is 0 Å². The van der Waals surface area contributed by atoms with E-state index in [1.165, 1.54) is 0 Å². The van der Waals surface area contributed by atoms with Crippen molar-refractivity contribution in [3.8, 4) is 11.8 Å². The third-order valence-corrected chi connectivity index (χ3v) is 1.95. The van der Waals surface area contributed by atoms with Crippen molar-refractivity contribution < 1.29 is 17.3 Å². The van der Waals surface area contributed by atoms with Crippen LogP contribution in [0.1, 0.15) is 27.7 Å². The lowest BCUT2D eigenvalue weighted by molar-refractivity contribution is 0.368. The number of ether oxygens (including phenoxy) is 1. The molecule has 0 unspecified atom stereocenters. The third kappa shape index (κ3) is 21.7. The van der Waals surface area contributed by atoms with E-state index >= 15 is 0 Å². The molecule has 0 aliphatic rings. The van der Waals surface area contributed by atoms with Gasteiger partial charge < -0.3 is 4.74 Å². The molecule has 0 N–H and O–H groups in total. The van der Waals surface area contributed by atoms with Gasteiger partial charge in [-0.3, -0.25) is 4.18 Å². The zero-order valence-electron chi connectivity index (χ0n) is 13.1. The molecule has 1 aromatic rings. The molecule has 0 bridgehead atoms. The standard InChI is InChI=1S/C8H7NO.C2H6O3S.2C2H6/c9-6-7-10-8-4-2-1-3-5-8;1-5-6(2,3)4;2*1-2/h1-5H,7H2;1-2H3;2*1-2H3. The van der Waals surface area contributed by atoms with Gasteiger partial charge in [-0.1, -0.05) is 45.9 Å². The average Bonchev–Trinajstić information content (AvgIpc) is 2.50. The van der Waals surface area contributed by atoms with Crippen LogP contribution in [0.5, 0.6) is 5.75 Å². The van der Waals surface area contributed by atoms with E-state index in [2.05, 4.69) is 4.18 Å². The second-order valence-corrected chi connectivity index (χ2v) is 4.37. The summed E-state index contributed by atoms with van der Waals surface area (Å²) >= 11 is 0. The minimum absolute atomic E-state index is 0.115. The summed E-state index contributed by atoms with van der Waals surface area (Å²) in [5, 5.41) is 8.15. The van der Waals surface area contributed by atoms with E-state index in [1.807, 2.05) is 64.1 Å². The van der Waals surface area contributed by atoms with Crippen molar-refractivity contribution in [2.45, 2.75) is 27.7 Å². The van der Waals surface area contributed by atoms with Crippen molar-refractivity contribution in [2.75, 3.05) is 20.0 Å². The summed E-state index contributed by atoms with van der Waals surface area (Å²) in [6, 6.07) is 11.2. The Labute approximate surface area is 123 Å². The van der Waals surface area contributed by atoms with Gasteiger partial charge in [-0.05, 0) is 12.1 Å². The molecule has 20 heavy (non-hydrogen) atoms. The fourth-order valence-corrected chi connectivity index (χ4v) is 0.632.